The van der Waals surface area contributed by atoms with E-state index in [0.29, 0.717) is 22.6 Å². The van der Waals surface area contributed by atoms with E-state index < -0.39 is 28.3 Å². The number of amides is 1. The minimum absolute atomic E-state index is 0.106. The summed E-state index contributed by atoms with van der Waals surface area (Å²) >= 11 is 0. The molecule has 0 aliphatic heterocycles. The minimum Gasteiger partial charge on any atom is -0.495 e. The normalized spacial score (nSPS) is 11.9. The fraction of sp³-hybridized carbons (Fsp3) is 0.136. The van der Waals surface area contributed by atoms with Crippen LogP contribution in [0.1, 0.15) is 0 Å². The van der Waals surface area contributed by atoms with E-state index in [0.717, 1.165) is 39.3 Å². The van der Waals surface area contributed by atoms with E-state index in [9.17, 15) is 17.6 Å². The number of hydrogen-bond acceptors (Lipinski definition) is 5. The highest BCUT2D eigenvalue weighted by molar-refractivity contribution is 7.89. The molecule has 0 unspecified atom stereocenters. The lowest BCUT2D eigenvalue weighted by Crippen LogP contribution is -2.35. The molecule has 31 heavy (non-hydrogen) atoms. The number of furan rings is 1. The van der Waals surface area contributed by atoms with Crippen molar-refractivity contribution in [3.8, 4) is 5.75 Å². The molecule has 1 aromatic heterocycles. The average molecular weight is 442 g/mol. The number of nitrogens with one attached hydrogen (secondary N) is 1. The Kier molecular flexibility index (Phi) is 5.38. The predicted molar refractivity (Wildman–Crippen MR) is 115 cm³/mol. The molecule has 3 aromatic carbocycles. The van der Waals surface area contributed by atoms with Crippen LogP contribution in [0.2, 0.25) is 0 Å². The van der Waals surface area contributed by atoms with E-state index in [4.69, 9.17) is 9.15 Å². The predicted octanol–water partition coefficient (Wildman–Crippen LogP) is 3.99. The van der Waals surface area contributed by atoms with Crippen LogP contribution >= 0.6 is 0 Å². The maximum Gasteiger partial charge on any atom is 0.243 e. The van der Waals surface area contributed by atoms with Crippen molar-refractivity contribution in [3.63, 3.8) is 0 Å². The summed E-state index contributed by atoms with van der Waals surface area (Å²) in [4.78, 5) is 12.5. The van der Waals surface area contributed by atoms with Gasteiger partial charge in [0.2, 0.25) is 15.9 Å². The van der Waals surface area contributed by atoms with Gasteiger partial charge in [-0.05, 0) is 36.4 Å². The molecule has 4 rings (SSSR count). The highest BCUT2D eigenvalue weighted by Gasteiger charge is 2.24. The molecule has 9 heteroatoms. The molecule has 0 aliphatic rings. The Bertz CT molecular complexity index is 1380. The zero-order chi connectivity index (χ0) is 22.2. The van der Waals surface area contributed by atoms with Crippen molar-refractivity contribution in [3.05, 3.63) is 66.5 Å². The Hall–Kier alpha value is -3.43. The maximum absolute atomic E-state index is 13.1. The van der Waals surface area contributed by atoms with Crippen LogP contribution in [0, 0.1) is 5.82 Å². The zero-order valence-electron chi connectivity index (χ0n) is 16.8. The molecule has 0 fully saturated rings. The van der Waals surface area contributed by atoms with Gasteiger partial charge in [-0.25, -0.2) is 12.8 Å². The monoisotopic (exact) mass is 442 g/mol. The van der Waals surface area contributed by atoms with Gasteiger partial charge >= 0.3 is 0 Å². The molecule has 0 atom stereocenters. The third-order valence-corrected chi connectivity index (χ3v) is 6.68. The number of para-hydroxylation sites is 1. The SMILES string of the molecule is COc1cc2c(cc1NC(=O)CN(C)S(=O)(=O)c1ccc(F)cc1)oc1ccccc12. The van der Waals surface area contributed by atoms with Crippen molar-refractivity contribution in [2.45, 2.75) is 4.90 Å². The summed E-state index contributed by atoms with van der Waals surface area (Å²) in [6.07, 6.45) is 0. The van der Waals surface area contributed by atoms with Gasteiger partial charge in [0.15, 0.2) is 0 Å². The first kappa shape index (κ1) is 20.8. The van der Waals surface area contributed by atoms with Gasteiger partial charge in [-0.3, -0.25) is 4.79 Å². The van der Waals surface area contributed by atoms with E-state index in [-0.39, 0.29) is 4.90 Å². The van der Waals surface area contributed by atoms with Gasteiger partial charge in [-0.1, -0.05) is 18.2 Å². The van der Waals surface area contributed by atoms with Gasteiger partial charge in [0.1, 0.15) is 22.7 Å². The summed E-state index contributed by atoms with van der Waals surface area (Å²) in [6.45, 7) is -0.443. The first-order valence-corrected chi connectivity index (χ1v) is 10.7. The molecule has 0 spiro atoms. The van der Waals surface area contributed by atoms with Crippen molar-refractivity contribution in [1.29, 1.82) is 0 Å². The third kappa shape index (κ3) is 3.97. The topological polar surface area (TPSA) is 88.9 Å². The number of nitrogens with zero attached hydrogens (tertiary/aromatic N) is 1. The number of likely N-dealkylation sites (N-methyl/N-ethyl adjacent to an activating group) is 1. The molecule has 0 saturated heterocycles. The summed E-state index contributed by atoms with van der Waals surface area (Å²) in [5.74, 6) is -0.703. The Balaban J connectivity index is 1.57. The fourth-order valence-electron chi connectivity index (χ4n) is 3.28. The first-order valence-electron chi connectivity index (χ1n) is 9.30. The largest absolute Gasteiger partial charge is 0.495 e. The summed E-state index contributed by atoms with van der Waals surface area (Å²) in [5, 5.41) is 4.42. The number of hydrogen-bond donors (Lipinski definition) is 1. The number of carbonyl (C=O) groups excluding carboxylic acids is 1. The van der Waals surface area contributed by atoms with E-state index in [1.54, 1.807) is 12.1 Å². The fourth-order valence-corrected chi connectivity index (χ4v) is 4.41. The van der Waals surface area contributed by atoms with Gasteiger partial charge < -0.3 is 14.5 Å². The summed E-state index contributed by atoms with van der Waals surface area (Å²) in [7, 11) is -1.20. The van der Waals surface area contributed by atoms with Crippen molar-refractivity contribution in [2.24, 2.45) is 0 Å². The Morgan fingerprint density at radius 3 is 2.48 bits per heavy atom. The second kappa shape index (κ2) is 8.01. The number of fused-ring (bicyclic) bond motifs is 3. The van der Waals surface area contributed by atoms with Crippen LogP contribution in [-0.2, 0) is 14.8 Å². The first-order chi connectivity index (χ1) is 14.8. The number of methoxy groups -OCH3 is 1. The molecule has 7 nitrogen and oxygen atoms in total. The molecule has 1 amide bonds. The van der Waals surface area contributed by atoms with Gasteiger partial charge in [0, 0.05) is 23.9 Å². The number of ether oxygens (including phenoxy) is 1. The van der Waals surface area contributed by atoms with E-state index in [1.807, 2.05) is 24.3 Å². The highest BCUT2D eigenvalue weighted by Crippen LogP contribution is 2.36. The van der Waals surface area contributed by atoms with Gasteiger partial charge in [-0.2, -0.15) is 4.31 Å². The van der Waals surface area contributed by atoms with Crippen LogP contribution in [0.25, 0.3) is 21.9 Å². The van der Waals surface area contributed by atoms with Crippen molar-refractivity contribution >= 4 is 43.6 Å². The molecule has 0 radical (unpaired) electrons. The van der Waals surface area contributed by atoms with Gasteiger partial charge in [0.05, 0.1) is 24.2 Å². The lowest BCUT2D eigenvalue weighted by Gasteiger charge is -2.17. The lowest BCUT2D eigenvalue weighted by atomic mass is 10.1. The van der Waals surface area contributed by atoms with Crippen LogP contribution in [0.4, 0.5) is 10.1 Å². The number of carbonyl (C=O) groups is 1. The molecule has 1 N–H and O–H groups in total. The van der Waals surface area contributed by atoms with Gasteiger partial charge in [0.25, 0.3) is 0 Å². The van der Waals surface area contributed by atoms with Crippen LogP contribution < -0.4 is 10.1 Å². The number of rotatable bonds is 6. The third-order valence-electron chi connectivity index (χ3n) is 4.86. The summed E-state index contributed by atoms with van der Waals surface area (Å²) in [6, 6.07) is 15.3. The highest BCUT2D eigenvalue weighted by atomic mass is 32.2. The van der Waals surface area contributed by atoms with Crippen molar-refractivity contribution < 1.29 is 26.8 Å². The van der Waals surface area contributed by atoms with Gasteiger partial charge in [-0.15, -0.1) is 0 Å². The molecule has 0 bridgehead atoms. The molecule has 4 aromatic rings. The number of anilines is 1. The second-order valence-electron chi connectivity index (χ2n) is 6.91. The average Bonchev–Trinajstić information content (AvgIpc) is 3.10. The van der Waals surface area contributed by atoms with Crippen molar-refractivity contribution in [2.75, 3.05) is 26.0 Å². The molecule has 160 valence electrons. The second-order valence-corrected chi connectivity index (χ2v) is 8.95. The number of benzene rings is 3. The van der Waals surface area contributed by atoms with Crippen molar-refractivity contribution in [1.82, 2.24) is 4.31 Å². The lowest BCUT2D eigenvalue weighted by molar-refractivity contribution is -0.116. The maximum atomic E-state index is 13.1. The minimum atomic E-state index is -3.95. The quantitative estimate of drug-likeness (QED) is 0.488. The van der Waals surface area contributed by atoms with E-state index >= 15 is 0 Å². The number of sulfonamides is 1. The molecular formula is C22H19FN2O5S. The number of halogens is 1. The Morgan fingerprint density at radius 1 is 1.06 bits per heavy atom. The van der Waals surface area contributed by atoms with E-state index in [2.05, 4.69) is 5.32 Å². The molecule has 0 aliphatic carbocycles. The molecular weight excluding hydrogens is 423 g/mol. The smallest absolute Gasteiger partial charge is 0.243 e. The molecule has 1 heterocycles. The van der Waals surface area contributed by atoms with Crippen LogP contribution in [0.3, 0.4) is 0 Å². The zero-order valence-corrected chi connectivity index (χ0v) is 17.6. The summed E-state index contributed by atoms with van der Waals surface area (Å²) < 4.78 is 50.4. The Labute approximate surface area is 178 Å². The van der Waals surface area contributed by atoms with E-state index in [1.165, 1.54) is 14.2 Å². The standard InChI is InChI=1S/C22H19FN2O5S/c1-25(31(27,28)15-9-7-14(23)8-10-15)13-22(26)24-18-12-20-17(11-21(18)29-2)16-5-3-4-6-19(16)30-20/h3-12H,13H2,1-2H3,(H,24,26). The van der Waals surface area contributed by atoms with Crippen LogP contribution in [0.5, 0.6) is 5.75 Å². The van der Waals surface area contributed by atoms with Crippen LogP contribution in [0.15, 0.2) is 70.0 Å². The molecule has 0 saturated carbocycles. The Morgan fingerprint density at radius 2 is 1.77 bits per heavy atom. The van der Waals surface area contributed by atoms with Crippen LogP contribution in [-0.4, -0.2) is 39.3 Å². The summed E-state index contributed by atoms with van der Waals surface area (Å²) in [5.41, 5.74) is 1.62.